The Morgan fingerprint density at radius 2 is 2.43 bits per heavy atom. The maximum atomic E-state index is 4.55. The molecule has 5 heteroatoms. The molecule has 0 saturated carbocycles. The van der Waals surface area contributed by atoms with Crippen molar-refractivity contribution in [1.82, 2.24) is 15.2 Å². The summed E-state index contributed by atoms with van der Waals surface area (Å²) >= 11 is 4.55. The second-order valence-corrected chi connectivity index (χ2v) is 1.22. The Labute approximate surface area is 61.0 Å². The fraction of sp³-hybridized carbons (Fsp3) is 0. The van der Waals surface area contributed by atoms with Gasteiger partial charge in [0.05, 0.1) is 0 Å². The minimum Gasteiger partial charge on any atom is -0.288 e. The maximum Gasteiger partial charge on any atom is 1.00 e. The molecule has 0 aliphatic heterocycles. The normalized spacial score (nSPS) is 7.43. The van der Waals surface area contributed by atoms with Crippen molar-refractivity contribution in [3.8, 4) is 0 Å². The van der Waals surface area contributed by atoms with Crippen LogP contribution in [0.25, 0.3) is 0 Å². The van der Waals surface area contributed by atoms with E-state index >= 15 is 0 Å². The van der Waals surface area contributed by atoms with Crippen LogP contribution in [-0.4, -0.2) is 15.2 Å². The van der Waals surface area contributed by atoms with E-state index in [2.05, 4.69) is 27.4 Å². The van der Waals surface area contributed by atoms with Gasteiger partial charge in [-0.05, 0) is 12.2 Å². The van der Waals surface area contributed by atoms with Crippen LogP contribution in [0, 0.1) is 4.77 Å². The van der Waals surface area contributed by atoms with Crippen LogP contribution in [0.4, 0.5) is 0 Å². The number of aromatic amines is 2. The molecule has 0 saturated heterocycles. The molecule has 0 aliphatic rings. The zero-order chi connectivity index (χ0) is 4.41. The molecule has 1 aromatic rings. The first-order chi connectivity index (χ1) is 2.89. The fourth-order valence-corrected chi connectivity index (χ4v) is 0.329. The Morgan fingerprint density at radius 1 is 1.71 bits per heavy atom. The van der Waals surface area contributed by atoms with Gasteiger partial charge in [0.25, 0.3) is 0 Å². The van der Waals surface area contributed by atoms with Gasteiger partial charge in [0, 0.05) is 0 Å². The second kappa shape index (κ2) is 3.15. The number of aromatic nitrogens is 3. The van der Waals surface area contributed by atoms with Gasteiger partial charge in [-0.3, -0.25) is 10.2 Å². The molecule has 1 rings (SSSR count). The molecule has 1 heterocycles. The molecule has 0 radical (unpaired) electrons. The third-order valence-electron chi connectivity index (χ3n) is 0.425. The zero-order valence-electron chi connectivity index (χ0n) is 3.23. The second-order valence-electron chi connectivity index (χ2n) is 0.833. The SMILES string of the molecule is S=c1nc[nH][nH]1.[Ag+]. The van der Waals surface area contributed by atoms with Gasteiger partial charge in [0.1, 0.15) is 6.33 Å². The molecule has 42 valence electrons. The number of rotatable bonds is 0. The van der Waals surface area contributed by atoms with Crippen LogP contribution < -0.4 is 0 Å². The van der Waals surface area contributed by atoms with E-state index in [0.717, 1.165) is 0 Å². The van der Waals surface area contributed by atoms with Crippen LogP contribution in [0.15, 0.2) is 6.33 Å². The molecule has 3 nitrogen and oxygen atoms in total. The van der Waals surface area contributed by atoms with Crippen molar-refractivity contribution in [2.24, 2.45) is 0 Å². The van der Waals surface area contributed by atoms with Crippen LogP contribution in [-0.2, 0) is 22.4 Å². The Kier molecular flexibility index (Phi) is 3.19. The molecule has 0 atom stereocenters. The van der Waals surface area contributed by atoms with Crippen molar-refractivity contribution < 1.29 is 22.4 Å². The summed E-state index contributed by atoms with van der Waals surface area (Å²) in [6.45, 7) is 0. The van der Waals surface area contributed by atoms with Crippen molar-refractivity contribution in [1.29, 1.82) is 0 Å². The monoisotopic (exact) mass is 208 g/mol. The van der Waals surface area contributed by atoms with E-state index < -0.39 is 0 Å². The summed E-state index contributed by atoms with van der Waals surface area (Å²) in [6, 6.07) is 0. The summed E-state index contributed by atoms with van der Waals surface area (Å²) in [5.41, 5.74) is 0. The summed E-state index contributed by atoms with van der Waals surface area (Å²) in [5.74, 6) is 0. The maximum absolute atomic E-state index is 4.55. The minimum absolute atomic E-state index is 0. The van der Waals surface area contributed by atoms with Gasteiger partial charge in [-0.25, -0.2) is 4.98 Å². The smallest absolute Gasteiger partial charge is 0.288 e. The largest absolute Gasteiger partial charge is 1.00 e. The topological polar surface area (TPSA) is 44.5 Å². The van der Waals surface area contributed by atoms with E-state index in [4.69, 9.17) is 0 Å². The van der Waals surface area contributed by atoms with Crippen molar-refractivity contribution in [2.75, 3.05) is 0 Å². The van der Waals surface area contributed by atoms with E-state index in [1.165, 1.54) is 6.33 Å². The molecule has 0 spiro atoms. The van der Waals surface area contributed by atoms with Crippen LogP contribution in [0.2, 0.25) is 0 Å². The Balaban J connectivity index is 0.000000360. The van der Waals surface area contributed by atoms with E-state index in [0.29, 0.717) is 4.77 Å². The van der Waals surface area contributed by atoms with Gasteiger partial charge < -0.3 is 0 Å². The molecule has 0 bridgehead atoms. The summed E-state index contributed by atoms with van der Waals surface area (Å²) in [7, 11) is 0. The van der Waals surface area contributed by atoms with E-state index in [9.17, 15) is 0 Å². The van der Waals surface area contributed by atoms with Crippen molar-refractivity contribution in [2.45, 2.75) is 0 Å². The summed E-state index contributed by atoms with van der Waals surface area (Å²) in [4.78, 5) is 3.62. The molecular formula is C2H3AgN3S+. The molecule has 2 N–H and O–H groups in total. The summed E-state index contributed by atoms with van der Waals surface area (Å²) in [6.07, 6.45) is 1.50. The van der Waals surface area contributed by atoms with Crippen LogP contribution >= 0.6 is 12.2 Å². The quantitative estimate of drug-likeness (QED) is 0.481. The van der Waals surface area contributed by atoms with E-state index in [-0.39, 0.29) is 22.4 Å². The Hall–Kier alpha value is 0.100. The number of hydrogen-bond acceptors (Lipinski definition) is 2. The van der Waals surface area contributed by atoms with Crippen molar-refractivity contribution >= 4 is 12.2 Å². The van der Waals surface area contributed by atoms with Gasteiger partial charge in [-0.1, -0.05) is 0 Å². The van der Waals surface area contributed by atoms with Gasteiger partial charge in [-0.2, -0.15) is 0 Å². The van der Waals surface area contributed by atoms with Gasteiger partial charge in [0.2, 0.25) is 4.77 Å². The molecular weight excluding hydrogens is 206 g/mol. The van der Waals surface area contributed by atoms with E-state index in [1.54, 1.807) is 0 Å². The third kappa shape index (κ3) is 2.03. The molecule has 0 fully saturated rings. The van der Waals surface area contributed by atoms with Crippen molar-refractivity contribution in [3.05, 3.63) is 11.1 Å². The summed E-state index contributed by atoms with van der Waals surface area (Å²) in [5, 5.41) is 5.17. The summed E-state index contributed by atoms with van der Waals surface area (Å²) < 4.78 is 0.495. The van der Waals surface area contributed by atoms with Gasteiger partial charge in [-0.15, -0.1) is 0 Å². The average Bonchev–Trinajstić information content (AvgIpc) is 1.86. The molecule has 0 aromatic carbocycles. The minimum atomic E-state index is 0. The first kappa shape index (κ1) is 7.10. The van der Waals surface area contributed by atoms with Gasteiger partial charge in [0.15, 0.2) is 0 Å². The number of nitrogens with zero attached hydrogens (tertiary/aromatic N) is 1. The van der Waals surface area contributed by atoms with Crippen LogP contribution in [0.3, 0.4) is 0 Å². The Morgan fingerprint density at radius 3 is 2.57 bits per heavy atom. The molecule has 0 amide bonds. The predicted molar refractivity (Wildman–Crippen MR) is 23.8 cm³/mol. The number of nitrogens with one attached hydrogen (secondary N) is 2. The number of H-pyrrole nitrogens is 2. The van der Waals surface area contributed by atoms with E-state index in [1.807, 2.05) is 0 Å². The van der Waals surface area contributed by atoms with Crippen LogP contribution in [0.1, 0.15) is 0 Å². The van der Waals surface area contributed by atoms with Crippen LogP contribution in [0.5, 0.6) is 0 Å². The molecule has 0 aliphatic carbocycles. The van der Waals surface area contributed by atoms with Gasteiger partial charge >= 0.3 is 22.4 Å². The zero-order valence-corrected chi connectivity index (χ0v) is 5.53. The molecule has 7 heavy (non-hydrogen) atoms. The fourth-order valence-electron chi connectivity index (χ4n) is 0.217. The Bertz CT molecular complexity index is 151. The predicted octanol–water partition coefficient (Wildman–Crippen LogP) is 0.465. The average molecular weight is 209 g/mol. The molecule has 0 unspecified atom stereocenters. The third-order valence-corrected chi connectivity index (χ3v) is 0.633. The number of hydrogen-bond donors (Lipinski definition) is 2. The molecule has 1 aromatic heterocycles. The van der Waals surface area contributed by atoms with Crippen molar-refractivity contribution in [3.63, 3.8) is 0 Å². The first-order valence-corrected chi connectivity index (χ1v) is 1.88. The first-order valence-electron chi connectivity index (χ1n) is 1.47. The standard InChI is InChI=1S/C2H3N3S.Ag/c6-2-3-1-4-5-2;/h1H,(H2,3,4,5,6);/q;+1.